The second kappa shape index (κ2) is 8.44. The summed E-state index contributed by atoms with van der Waals surface area (Å²) in [5.41, 5.74) is 2.01. The van der Waals surface area contributed by atoms with E-state index in [0.29, 0.717) is 28.6 Å². The van der Waals surface area contributed by atoms with Gasteiger partial charge in [0.25, 0.3) is 11.5 Å². The number of piperidine rings is 1. The molecule has 4 N–H and O–H groups in total. The van der Waals surface area contributed by atoms with Crippen molar-refractivity contribution in [2.45, 2.75) is 32.7 Å². The molecule has 3 heterocycles. The fraction of sp³-hybridized carbons (Fsp3) is 0.562. The van der Waals surface area contributed by atoms with Crippen molar-refractivity contribution in [3.05, 3.63) is 16.7 Å². The Morgan fingerprint density at radius 1 is 1.44 bits per heavy atom. The lowest BCUT2D eigenvalue weighted by molar-refractivity contribution is -0.125. The molecule has 3 rings (SSSR count). The quantitative estimate of drug-likeness (QED) is 0.345. The zero-order valence-electron chi connectivity index (χ0n) is 15.1. The van der Waals surface area contributed by atoms with E-state index in [9.17, 15) is 14.4 Å². The molecular formula is C16H23N7O3S. The summed E-state index contributed by atoms with van der Waals surface area (Å²) in [5.74, 6) is 4.56. The summed E-state index contributed by atoms with van der Waals surface area (Å²) in [6, 6.07) is 0. The van der Waals surface area contributed by atoms with Crippen molar-refractivity contribution in [1.29, 1.82) is 0 Å². The van der Waals surface area contributed by atoms with Gasteiger partial charge in [0.15, 0.2) is 10.8 Å². The maximum absolute atomic E-state index is 12.6. The van der Waals surface area contributed by atoms with Gasteiger partial charge in [0.2, 0.25) is 5.91 Å². The lowest BCUT2D eigenvalue weighted by Gasteiger charge is -2.31. The number of nitrogens with zero attached hydrogens (tertiary/aromatic N) is 4. The molecule has 2 amide bonds. The molecule has 0 bridgehead atoms. The van der Waals surface area contributed by atoms with Crippen LogP contribution in [-0.2, 0) is 16.1 Å². The fourth-order valence-electron chi connectivity index (χ4n) is 3.04. The standard InChI is InChI=1S/C16H23N7O3S/c1-2-5-18-14(25)10-4-3-6-22(7-10)16-20-13-12(27-16)15(26)23(9-19-13)8-11(24)21-17/h9-10H,2-8,17H2,1H3,(H,18,25)(H,21,24). The fourth-order valence-corrected chi connectivity index (χ4v) is 4.04. The number of hydrogen-bond acceptors (Lipinski definition) is 8. The van der Waals surface area contributed by atoms with Crippen LogP contribution in [0.4, 0.5) is 5.13 Å². The minimum Gasteiger partial charge on any atom is -0.356 e. The van der Waals surface area contributed by atoms with Gasteiger partial charge >= 0.3 is 0 Å². The minimum absolute atomic E-state index is 0.0657. The van der Waals surface area contributed by atoms with E-state index in [4.69, 9.17) is 5.84 Å². The molecule has 1 aliphatic heterocycles. The van der Waals surface area contributed by atoms with Crippen molar-refractivity contribution in [3.8, 4) is 0 Å². The molecule has 0 spiro atoms. The molecular weight excluding hydrogens is 370 g/mol. The van der Waals surface area contributed by atoms with Gasteiger partial charge in [0.1, 0.15) is 17.6 Å². The molecule has 11 heteroatoms. The molecule has 0 saturated carbocycles. The molecule has 1 fully saturated rings. The predicted molar refractivity (Wildman–Crippen MR) is 102 cm³/mol. The van der Waals surface area contributed by atoms with Crippen molar-refractivity contribution in [2.24, 2.45) is 11.8 Å². The third kappa shape index (κ3) is 4.25. The number of nitrogens with one attached hydrogen (secondary N) is 2. The molecule has 10 nitrogen and oxygen atoms in total. The van der Waals surface area contributed by atoms with Gasteiger partial charge in [-0.05, 0) is 19.3 Å². The highest BCUT2D eigenvalue weighted by molar-refractivity contribution is 7.22. The van der Waals surface area contributed by atoms with E-state index in [1.807, 2.05) is 17.2 Å². The van der Waals surface area contributed by atoms with E-state index in [0.717, 1.165) is 25.8 Å². The smallest absolute Gasteiger partial charge is 0.273 e. The monoisotopic (exact) mass is 393 g/mol. The first kappa shape index (κ1) is 19.2. The number of fused-ring (bicyclic) bond motifs is 1. The number of thiazole rings is 1. The SMILES string of the molecule is CCCNC(=O)C1CCCN(c2nc3ncn(CC(=O)NN)c(=O)c3s2)C1. The predicted octanol–water partition coefficient (Wildman–Crippen LogP) is -0.414. The second-order valence-corrected chi connectivity index (χ2v) is 7.45. The van der Waals surface area contributed by atoms with Gasteiger partial charge in [-0.25, -0.2) is 10.8 Å². The number of carbonyl (C=O) groups excluding carboxylic acids is 2. The van der Waals surface area contributed by atoms with Crippen LogP contribution >= 0.6 is 11.3 Å². The summed E-state index contributed by atoms with van der Waals surface area (Å²) in [6.45, 7) is 3.84. The summed E-state index contributed by atoms with van der Waals surface area (Å²) in [6.07, 6.45) is 3.92. The van der Waals surface area contributed by atoms with Crippen LogP contribution in [0, 0.1) is 5.92 Å². The Morgan fingerprint density at radius 2 is 2.26 bits per heavy atom. The van der Waals surface area contributed by atoms with Gasteiger partial charge in [-0.15, -0.1) is 0 Å². The van der Waals surface area contributed by atoms with E-state index in [2.05, 4.69) is 15.3 Å². The second-order valence-electron chi connectivity index (χ2n) is 6.47. The molecule has 0 radical (unpaired) electrons. The highest BCUT2D eigenvalue weighted by atomic mass is 32.1. The molecule has 2 aromatic rings. The zero-order valence-corrected chi connectivity index (χ0v) is 15.9. The highest BCUT2D eigenvalue weighted by Gasteiger charge is 2.27. The van der Waals surface area contributed by atoms with Crippen LogP contribution in [-0.4, -0.2) is 46.0 Å². The highest BCUT2D eigenvalue weighted by Crippen LogP contribution is 2.29. The van der Waals surface area contributed by atoms with Gasteiger partial charge in [0, 0.05) is 19.6 Å². The number of anilines is 1. The van der Waals surface area contributed by atoms with Gasteiger partial charge in [-0.2, -0.15) is 4.98 Å². The molecule has 0 aromatic carbocycles. The van der Waals surface area contributed by atoms with E-state index in [1.165, 1.54) is 22.2 Å². The average molecular weight is 393 g/mol. The van der Waals surface area contributed by atoms with Crippen molar-refractivity contribution >= 4 is 38.6 Å². The first-order chi connectivity index (χ1) is 13.0. The van der Waals surface area contributed by atoms with Crippen LogP contribution in [0.5, 0.6) is 0 Å². The summed E-state index contributed by atoms with van der Waals surface area (Å²) in [7, 11) is 0. The van der Waals surface area contributed by atoms with E-state index >= 15 is 0 Å². The number of nitrogens with two attached hydrogens (primary N) is 1. The van der Waals surface area contributed by atoms with Gasteiger partial charge < -0.3 is 10.2 Å². The Bertz CT molecular complexity index is 894. The first-order valence-electron chi connectivity index (χ1n) is 8.91. The van der Waals surface area contributed by atoms with Crippen LogP contribution in [0.15, 0.2) is 11.1 Å². The number of amides is 2. The van der Waals surface area contributed by atoms with Crippen molar-refractivity contribution in [3.63, 3.8) is 0 Å². The van der Waals surface area contributed by atoms with Crippen molar-refractivity contribution < 1.29 is 9.59 Å². The normalized spacial score (nSPS) is 17.1. The first-order valence-corrected chi connectivity index (χ1v) is 9.73. The third-order valence-electron chi connectivity index (χ3n) is 4.46. The third-order valence-corrected chi connectivity index (χ3v) is 5.55. The van der Waals surface area contributed by atoms with Gasteiger partial charge in [-0.3, -0.25) is 24.4 Å². The average Bonchev–Trinajstić information content (AvgIpc) is 3.13. The molecule has 0 aliphatic carbocycles. The molecule has 1 aliphatic rings. The molecule has 27 heavy (non-hydrogen) atoms. The van der Waals surface area contributed by atoms with Gasteiger partial charge in [0.05, 0.1) is 5.92 Å². The van der Waals surface area contributed by atoms with Crippen LogP contribution in [0.1, 0.15) is 26.2 Å². The van der Waals surface area contributed by atoms with Crippen LogP contribution in [0.25, 0.3) is 10.3 Å². The molecule has 2 aromatic heterocycles. The van der Waals surface area contributed by atoms with Crippen molar-refractivity contribution in [1.82, 2.24) is 25.3 Å². The number of carbonyl (C=O) groups is 2. The molecule has 146 valence electrons. The minimum atomic E-state index is -0.486. The van der Waals surface area contributed by atoms with Crippen LogP contribution in [0.2, 0.25) is 0 Å². The van der Waals surface area contributed by atoms with E-state index < -0.39 is 5.91 Å². The van der Waals surface area contributed by atoms with Crippen LogP contribution in [0.3, 0.4) is 0 Å². The Morgan fingerprint density at radius 3 is 3.00 bits per heavy atom. The summed E-state index contributed by atoms with van der Waals surface area (Å²) >= 11 is 1.24. The maximum atomic E-state index is 12.6. The Labute approximate surface area is 159 Å². The maximum Gasteiger partial charge on any atom is 0.273 e. The summed E-state index contributed by atoms with van der Waals surface area (Å²) in [5, 5.41) is 3.61. The number of hydrazine groups is 1. The topological polar surface area (TPSA) is 135 Å². The zero-order chi connectivity index (χ0) is 19.4. The Kier molecular flexibility index (Phi) is 6.01. The molecule has 1 atom stereocenters. The van der Waals surface area contributed by atoms with E-state index in [-0.39, 0.29) is 23.9 Å². The molecule has 1 unspecified atom stereocenters. The van der Waals surface area contributed by atoms with Gasteiger partial charge in [-0.1, -0.05) is 18.3 Å². The summed E-state index contributed by atoms with van der Waals surface area (Å²) in [4.78, 5) is 46.9. The lowest BCUT2D eigenvalue weighted by Crippen LogP contribution is -2.43. The van der Waals surface area contributed by atoms with Crippen LogP contribution < -0.4 is 27.0 Å². The van der Waals surface area contributed by atoms with E-state index in [1.54, 1.807) is 0 Å². The summed E-state index contributed by atoms with van der Waals surface area (Å²) < 4.78 is 1.58. The Balaban J connectivity index is 1.80. The lowest BCUT2D eigenvalue weighted by atomic mass is 9.97. The Hall–Kier alpha value is -2.53. The number of aromatic nitrogens is 3. The molecule has 1 saturated heterocycles. The number of rotatable bonds is 6. The largest absolute Gasteiger partial charge is 0.356 e. The number of hydrogen-bond donors (Lipinski definition) is 3. The van der Waals surface area contributed by atoms with Crippen molar-refractivity contribution in [2.75, 3.05) is 24.5 Å².